The molecular weight excluding hydrogens is 480 g/mol. The fourth-order valence-electron chi connectivity index (χ4n) is 5.62. The van der Waals surface area contributed by atoms with Gasteiger partial charge in [-0.1, -0.05) is 84.9 Å². The Bertz CT molecular complexity index is 1480. The summed E-state index contributed by atoms with van der Waals surface area (Å²) < 4.78 is 7.08. The van der Waals surface area contributed by atoms with E-state index >= 15 is 0 Å². The third-order valence-corrected chi connectivity index (χ3v) is 7.62. The number of aryl methyl sites for hydroxylation is 2. The summed E-state index contributed by atoms with van der Waals surface area (Å²) in [6, 6.07) is 30.5. The quantitative estimate of drug-likeness (QED) is 0.181. The van der Waals surface area contributed by atoms with Crippen LogP contribution in [0.5, 0.6) is 0 Å². The zero-order valence-electron chi connectivity index (χ0n) is 22.1. The average Bonchev–Trinajstić information content (AvgIpc) is 3.70. The van der Waals surface area contributed by atoms with Crippen LogP contribution >= 0.6 is 0 Å². The van der Waals surface area contributed by atoms with Crippen molar-refractivity contribution in [3.05, 3.63) is 132 Å². The van der Waals surface area contributed by atoms with Crippen molar-refractivity contribution >= 4 is 21.5 Å². The summed E-state index contributed by atoms with van der Waals surface area (Å²) in [5.74, 6) is 0. The number of H-pyrrole nitrogens is 2. The molecule has 0 aliphatic rings. The van der Waals surface area contributed by atoms with Crippen LogP contribution in [0.2, 0.25) is 0 Å². The summed E-state index contributed by atoms with van der Waals surface area (Å²) in [5.41, 5.74) is 4.95. The highest BCUT2D eigenvalue weighted by molar-refractivity contribution is 5.86. The van der Waals surface area contributed by atoms with Crippen molar-refractivity contribution in [2.24, 2.45) is 0 Å². The minimum atomic E-state index is 0.0702. The van der Waals surface area contributed by atoms with Crippen LogP contribution in [0, 0.1) is 0 Å². The lowest BCUT2D eigenvalue weighted by Gasteiger charge is -2.26. The summed E-state index contributed by atoms with van der Waals surface area (Å²) >= 11 is 0. The number of hydrogen-bond donors (Lipinski definition) is 2. The predicted octanol–water partition coefficient (Wildman–Crippen LogP) is 7.24. The van der Waals surface area contributed by atoms with Crippen LogP contribution in [0.3, 0.4) is 0 Å². The number of benzene rings is 4. The molecule has 2 aromatic heterocycles. The normalized spacial score (nSPS) is 13.1. The Morgan fingerprint density at radius 2 is 1.03 bits per heavy atom. The SMILES string of the molecule is c1ccc2c(CC(CCc3cnc[nH]3)OC(CCc3cnc[nH]3)Cc3cccc4ccccc34)cccc2c1. The molecule has 2 unspecified atom stereocenters. The molecule has 0 saturated carbocycles. The van der Waals surface area contributed by atoms with E-state index in [-0.39, 0.29) is 12.2 Å². The first kappa shape index (κ1) is 25.1. The van der Waals surface area contributed by atoms with Gasteiger partial charge in [0.05, 0.1) is 24.9 Å². The lowest BCUT2D eigenvalue weighted by atomic mass is 9.95. The molecule has 5 nitrogen and oxygen atoms in total. The second kappa shape index (κ2) is 12.1. The summed E-state index contributed by atoms with van der Waals surface area (Å²) in [5, 5.41) is 5.15. The van der Waals surface area contributed by atoms with E-state index in [4.69, 9.17) is 4.74 Å². The zero-order valence-corrected chi connectivity index (χ0v) is 22.1. The lowest BCUT2D eigenvalue weighted by Crippen LogP contribution is -2.27. The van der Waals surface area contributed by atoms with Gasteiger partial charge < -0.3 is 14.7 Å². The molecule has 2 N–H and O–H groups in total. The maximum absolute atomic E-state index is 7.08. The zero-order chi connectivity index (χ0) is 26.3. The second-order valence-corrected chi connectivity index (χ2v) is 10.3. The molecule has 0 aliphatic carbocycles. The molecule has 0 amide bonds. The largest absolute Gasteiger partial charge is 0.374 e. The summed E-state index contributed by atoms with van der Waals surface area (Å²) in [6.07, 6.45) is 12.9. The van der Waals surface area contributed by atoms with Crippen molar-refractivity contribution < 1.29 is 4.74 Å². The van der Waals surface area contributed by atoms with Crippen molar-refractivity contribution in [1.82, 2.24) is 19.9 Å². The van der Waals surface area contributed by atoms with Crippen molar-refractivity contribution in [2.75, 3.05) is 0 Å². The number of aromatic amines is 2. The number of rotatable bonds is 12. The molecule has 0 fully saturated rings. The van der Waals surface area contributed by atoms with Crippen LogP contribution < -0.4 is 0 Å². The third kappa shape index (κ3) is 6.27. The predicted molar refractivity (Wildman–Crippen MR) is 158 cm³/mol. The van der Waals surface area contributed by atoms with Gasteiger partial charge in [0.1, 0.15) is 0 Å². The Labute approximate surface area is 229 Å². The highest BCUT2D eigenvalue weighted by atomic mass is 16.5. The van der Waals surface area contributed by atoms with Gasteiger partial charge in [0.15, 0.2) is 0 Å². The number of fused-ring (bicyclic) bond motifs is 2. The second-order valence-electron chi connectivity index (χ2n) is 10.3. The Morgan fingerprint density at radius 3 is 1.49 bits per heavy atom. The van der Waals surface area contributed by atoms with Crippen molar-refractivity contribution in [2.45, 2.75) is 50.7 Å². The number of hydrogen-bond acceptors (Lipinski definition) is 3. The van der Waals surface area contributed by atoms with E-state index in [1.807, 2.05) is 12.4 Å². The third-order valence-electron chi connectivity index (χ3n) is 7.62. The molecule has 39 heavy (non-hydrogen) atoms. The van der Waals surface area contributed by atoms with E-state index in [9.17, 15) is 0 Å². The maximum Gasteiger partial charge on any atom is 0.0921 e. The number of ether oxygens (including phenoxy) is 1. The van der Waals surface area contributed by atoms with Crippen molar-refractivity contribution in [3.63, 3.8) is 0 Å². The van der Waals surface area contributed by atoms with Crippen LogP contribution in [-0.4, -0.2) is 32.1 Å². The highest BCUT2D eigenvalue weighted by Crippen LogP contribution is 2.26. The molecule has 0 spiro atoms. The van der Waals surface area contributed by atoms with E-state index < -0.39 is 0 Å². The van der Waals surface area contributed by atoms with Gasteiger partial charge in [0, 0.05) is 23.8 Å². The first-order valence-corrected chi connectivity index (χ1v) is 13.8. The molecule has 196 valence electrons. The van der Waals surface area contributed by atoms with Gasteiger partial charge in [-0.25, -0.2) is 9.97 Å². The molecule has 0 bridgehead atoms. The summed E-state index contributed by atoms with van der Waals surface area (Å²) in [7, 11) is 0. The number of nitrogens with one attached hydrogen (secondary N) is 2. The topological polar surface area (TPSA) is 66.6 Å². The smallest absolute Gasteiger partial charge is 0.0921 e. The minimum Gasteiger partial charge on any atom is -0.374 e. The van der Waals surface area contributed by atoms with Gasteiger partial charge in [0.2, 0.25) is 0 Å². The van der Waals surface area contributed by atoms with E-state index in [1.165, 1.54) is 32.7 Å². The Kier molecular flexibility index (Phi) is 7.78. The average molecular weight is 515 g/mol. The molecular formula is C34H34N4O. The first-order chi connectivity index (χ1) is 19.3. The standard InChI is InChI=1S/C34H34N4O/c1-3-13-33-25(7-1)9-5-11-27(33)19-31(17-15-29-21-35-23-37-29)39-32(18-16-30-22-36-24-38-30)20-28-12-6-10-26-8-2-4-14-34(26)28/h1-14,21-24,31-32H,15-20H2,(H,35,37)(H,36,38). The summed E-state index contributed by atoms with van der Waals surface area (Å²) in [6.45, 7) is 0. The Morgan fingerprint density at radius 1 is 0.564 bits per heavy atom. The lowest BCUT2D eigenvalue weighted by molar-refractivity contribution is -0.0190. The molecule has 5 heteroatoms. The molecule has 4 aromatic carbocycles. The van der Waals surface area contributed by atoms with Crippen LogP contribution in [0.1, 0.15) is 35.4 Å². The van der Waals surface area contributed by atoms with Crippen LogP contribution in [0.25, 0.3) is 21.5 Å². The van der Waals surface area contributed by atoms with E-state index in [0.717, 1.165) is 49.9 Å². The molecule has 0 aliphatic heterocycles. The van der Waals surface area contributed by atoms with Crippen molar-refractivity contribution in [1.29, 1.82) is 0 Å². The number of imidazole rings is 2. The maximum atomic E-state index is 7.08. The van der Waals surface area contributed by atoms with Gasteiger partial charge in [-0.2, -0.15) is 0 Å². The van der Waals surface area contributed by atoms with E-state index in [0.29, 0.717) is 0 Å². The molecule has 0 saturated heterocycles. The molecule has 6 rings (SSSR count). The minimum absolute atomic E-state index is 0.0702. The van der Waals surface area contributed by atoms with Gasteiger partial charge in [0.25, 0.3) is 0 Å². The molecule has 2 atom stereocenters. The van der Waals surface area contributed by atoms with Gasteiger partial charge in [-0.3, -0.25) is 0 Å². The van der Waals surface area contributed by atoms with E-state index in [1.54, 1.807) is 12.7 Å². The molecule has 6 aromatic rings. The van der Waals surface area contributed by atoms with Crippen molar-refractivity contribution in [3.8, 4) is 0 Å². The van der Waals surface area contributed by atoms with Gasteiger partial charge in [-0.05, 0) is 71.2 Å². The first-order valence-electron chi connectivity index (χ1n) is 13.8. The van der Waals surface area contributed by atoms with Crippen LogP contribution in [0.15, 0.2) is 110 Å². The Hall–Kier alpha value is -4.22. The fourth-order valence-corrected chi connectivity index (χ4v) is 5.62. The monoisotopic (exact) mass is 514 g/mol. The Balaban J connectivity index is 1.28. The number of nitrogens with zero attached hydrogens (tertiary/aromatic N) is 2. The van der Waals surface area contributed by atoms with Crippen LogP contribution in [-0.2, 0) is 30.4 Å². The highest BCUT2D eigenvalue weighted by Gasteiger charge is 2.20. The van der Waals surface area contributed by atoms with Crippen LogP contribution in [0.4, 0.5) is 0 Å². The fraction of sp³-hybridized carbons (Fsp3) is 0.235. The van der Waals surface area contributed by atoms with Gasteiger partial charge >= 0.3 is 0 Å². The molecule has 2 heterocycles. The summed E-state index contributed by atoms with van der Waals surface area (Å²) in [4.78, 5) is 15.0. The molecule has 0 radical (unpaired) electrons. The number of aromatic nitrogens is 4. The van der Waals surface area contributed by atoms with E-state index in [2.05, 4.69) is 105 Å². The van der Waals surface area contributed by atoms with Gasteiger partial charge in [-0.15, -0.1) is 0 Å².